The summed E-state index contributed by atoms with van der Waals surface area (Å²) < 4.78 is 0. The monoisotopic (exact) mass is 293 g/mol. The highest BCUT2D eigenvalue weighted by Crippen LogP contribution is 2.04. The van der Waals surface area contributed by atoms with Crippen molar-refractivity contribution >= 4 is 23.1 Å². The smallest absolute Gasteiger partial charge is 0.251 e. The second kappa shape index (κ2) is 7.97. The van der Waals surface area contributed by atoms with Crippen LogP contribution in [-0.4, -0.2) is 42.0 Å². The number of thiocarbonyl (C=S) groups is 1. The summed E-state index contributed by atoms with van der Waals surface area (Å²) in [4.78, 5) is 14.5. The molecular weight excluding hydrogens is 270 g/mol. The van der Waals surface area contributed by atoms with Crippen LogP contribution < -0.4 is 11.1 Å². The Morgan fingerprint density at radius 3 is 2.35 bits per heavy atom. The summed E-state index contributed by atoms with van der Waals surface area (Å²) in [6.07, 6.45) is 0.936. The van der Waals surface area contributed by atoms with E-state index in [1.807, 2.05) is 0 Å². The molecule has 0 heterocycles. The Hall–Kier alpha value is -1.46. The van der Waals surface area contributed by atoms with Gasteiger partial charge in [-0.1, -0.05) is 24.4 Å². The van der Waals surface area contributed by atoms with Crippen molar-refractivity contribution in [2.75, 3.05) is 20.1 Å². The van der Waals surface area contributed by atoms with Gasteiger partial charge in [-0.25, -0.2) is 0 Å². The summed E-state index contributed by atoms with van der Waals surface area (Å²) in [6, 6.07) is 7.54. The van der Waals surface area contributed by atoms with Gasteiger partial charge < -0.3 is 16.0 Å². The molecular formula is C15H23N3OS. The Morgan fingerprint density at radius 1 is 1.30 bits per heavy atom. The van der Waals surface area contributed by atoms with Gasteiger partial charge in [0.1, 0.15) is 4.99 Å². The van der Waals surface area contributed by atoms with E-state index in [0.29, 0.717) is 23.1 Å². The van der Waals surface area contributed by atoms with Gasteiger partial charge in [0.15, 0.2) is 0 Å². The second-order valence-electron chi connectivity index (χ2n) is 5.13. The maximum Gasteiger partial charge on any atom is 0.251 e. The van der Waals surface area contributed by atoms with Crippen molar-refractivity contribution < 1.29 is 4.79 Å². The van der Waals surface area contributed by atoms with Crippen molar-refractivity contribution in [3.8, 4) is 0 Å². The van der Waals surface area contributed by atoms with Gasteiger partial charge in [-0.3, -0.25) is 4.79 Å². The van der Waals surface area contributed by atoms with E-state index in [9.17, 15) is 4.79 Å². The molecule has 0 saturated carbocycles. The molecule has 0 aliphatic carbocycles. The molecule has 1 amide bonds. The number of carbonyl (C=O) groups excluding carboxylic acids is 1. The number of carbonyl (C=O) groups is 1. The van der Waals surface area contributed by atoms with E-state index in [-0.39, 0.29) is 5.91 Å². The first kappa shape index (κ1) is 16.6. The molecule has 0 spiro atoms. The Morgan fingerprint density at radius 2 is 1.85 bits per heavy atom. The van der Waals surface area contributed by atoms with Gasteiger partial charge in [-0.2, -0.15) is 0 Å². The van der Waals surface area contributed by atoms with Crippen LogP contribution in [0.4, 0.5) is 0 Å². The lowest BCUT2D eigenvalue weighted by Crippen LogP contribution is -2.31. The molecule has 0 fully saturated rings. The van der Waals surface area contributed by atoms with Crippen LogP contribution in [0.3, 0.4) is 0 Å². The van der Waals surface area contributed by atoms with E-state index in [1.165, 1.54) is 0 Å². The fourth-order valence-corrected chi connectivity index (χ4v) is 1.81. The lowest BCUT2D eigenvalue weighted by Gasteiger charge is -2.20. The molecule has 0 bridgehead atoms. The highest BCUT2D eigenvalue weighted by Gasteiger charge is 2.06. The molecule has 0 aliphatic heterocycles. The first-order valence-electron chi connectivity index (χ1n) is 6.80. The molecule has 20 heavy (non-hydrogen) atoms. The minimum atomic E-state index is -0.0633. The number of rotatable bonds is 7. The van der Waals surface area contributed by atoms with E-state index < -0.39 is 0 Å². The van der Waals surface area contributed by atoms with Crippen LogP contribution in [0.5, 0.6) is 0 Å². The lowest BCUT2D eigenvalue weighted by molar-refractivity contribution is 0.0951. The van der Waals surface area contributed by atoms with Crippen molar-refractivity contribution in [1.82, 2.24) is 10.2 Å². The van der Waals surface area contributed by atoms with Crippen molar-refractivity contribution in [3.05, 3.63) is 35.4 Å². The maximum absolute atomic E-state index is 11.9. The molecule has 0 atom stereocenters. The molecule has 0 aromatic heterocycles. The molecule has 0 unspecified atom stereocenters. The molecule has 1 aromatic rings. The van der Waals surface area contributed by atoms with Gasteiger partial charge in [0, 0.05) is 23.7 Å². The lowest BCUT2D eigenvalue weighted by atomic mass is 10.1. The third-order valence-electron chi connectivity index (χ3n) is 3.29. The van der Waals surface area contributed by atoms with Crippen LogP contribution in [0, 0.1) is 0 Å². The van der Waals surface area contributed by atoms with Crippen molar-refractivity contribution in [3.63, 3.8) is 0 Å². The number of hydrogen-bond acceptors (Lipinski definition) is 3. The summed E-state index contributed by atoms with van der Waals surface area (Å²) in [5.41, 5.74) is 6.92. The van der Waals surface area contributed by atoms with Gasteiger partial charge in [0.25, 0.3) is 5.91 Å². The Kier molecular flexibility index (Phi) is 6.61. The SMILES string of the molecule is CC(C)N(C)CCCNC(=O)c1ccc(C(N)=S)cc1. The minimum Gasteiger partial charge on any atom is -0.389 e. The molecule has 3 N–H and O–H groups in total. The third-order valence-corrected chi connectivity index (χ3v) is 3.52. The van der Waals surface area contributed by atoms with Crippen molar-refractivity contribution in [2.24, 2.45) is 5.73 Å². The molecule has 110 valence electrons. The second-order valence-corrected chi connectivity index (χ2v) is 5.57. The van der Waals surface area contributed by atoms with Gasteiger partial charge in [0.2, 0.25) is 0 Å². The summed E-state index contributed by atoms with van der Waals surface area (Å²) in [5, 5.41) is 2.91. The normalized spacial score (nSPS) is 10.8. The fraction of sp³-hybridized carbons (Fsp3) is 0.467. The molecule has 4 nitrogen and oxygen atoms in total. The Balaban J connectivity index is 2.38. The summed E-state index contributed by atoms with van der Waals surface area (Å²) in [7, 11) is 2.08. The van der Waals surface area contributed by atoms with Crippen LogP contribution in [0.15, 0.2) is 24.3 Å². The molecule has 1 rings (SSSR count). The number of nitrogens with zero attached hydrogens (tertiary/aromatic N) is 1. The average Bonchev–Trinajstić information content (AvgIpc) is 2.43. The van der Waals surface area contributed by atoms with E-state index in [0.717, 1.165) is 18.5 Å². The van der Waals surface area contributed by atoms with E-state index in [2.05, 4.69) is 31.1 Å². The standard InChI is InChI=1S/C15H23N3OS/c1-11(2)18(3)10-4-9-17-15(19)13-7-5-12(6-8-13)14(16)20/h5-8,11H,4,9-10H2,1-3H3,(H2,16,20)(H,17,19). The quantitative estimate of drug-likeness (QED) is 0.594. The zero-order valence-electron chi connectivity index (χ0n) is 12.3. The van der Waals surface area contributed by atoms with Crippen molar-refractivity contribution in [1.29, 1.82) is 0 Å². The van der Waals surface area contributed by atoms with Crippen LogP contribution >= 0.6 is 12.2 Å². The van der Waals surface area contributed by atoms with Gasteiger partial charge >= 0.3 is 0 Å². The van der Waals surface area contributed by atoms with E-state index in [1.54, 1.807) is 24.3 Å². The number of nitrogens with two attached hydrogens (primary N) is 1. The first-order valence-corrected chi connectivity index (χ1v) is 7.21. The van der Waals surface area contributed by atoms with Crippen LogP contribution in [0.1, 0.15) is 36.2 Å². The zero-order chi connectivity index (χ0) is 15.1. The summed E-state index contributed by atoms with van der Waals surface area (Å²) in [6.45, 7) is 5.95. The largest absolute Gasteiger partial charge is 0.389 e. The van der Waals surface area contributed by atoms with Crippen LogP contribution in [0.25, 0.3) is 0 Å². The summed E-state index contributed by atoms with van der Waals surface area (Å²) in [5.74, 6) is -0.0633. The fourth-order valence-electron chi connectivity index (χ4n) is 1.68. The maximum atomic E-state index is 11.9. The number of nitrogens with one attached hydrogen (secondary N) is 1. The van der Waals surface area contributed by atoms with Crippen LogP contribution in [-0.2, 0) is 0 Å². The molecule has 0 saturated heterocycles. The molecule has 0 aliphatic rings. The number of hydrogen-bond donors (Lipinski definition) is 2. The highest BCUT2D eigenvalue weighted by molar-refractivity contribution is 7.80. The zero-order valence-corrected chi connectivity index (χ0v) is 13.2. The van der Waals surface area contributed by atoms with Gasteiger partial charge in [-0.15, -0.1) is 0 Å². The summed E-state index contributed by atoms with van der Waals surface area (Å²) >= 11 is 4.87. The van der Waals surface area contributed by atoms with Crippen LogP contribution in [0.2, 0.25) is 0 Å². The minimum absolute atomic E-state index is 0.0633. The average molecular weight is 293 g/mol. The number of amides is 1. The first-order chi connectivity index (χ1) is 9.41. The predicted octanol–water partition coefficient (Wildman–Crippen LogP) is 1.78. The van der Waals surface area contributed by atoms with Gasteiger partial charge in [-0.05, 0) is 46.0 Å². The number of benzene rings is 1. The predicted molar refractivity (Wildman–Crippen MR) is 87.0 cm³/mol. The highest BCUT2D eigenvalue weighted by atomic mass is 32.1. The molecule has 0 radical (unpaired) electrons. The third kappa shape index (κ3) is 5.27. The van der Waals surface area contributed by atoms with E-state index in [4.69, 9.17) is 18.0 Å². The molecule has 5 heteroatoms. The van der Waals surface area contributed by atoms with E-state index >= 15 is 0 Å². The molecule has 1 aromatic carbocycles. The van der Waals surface area contributed by atoms with Crippen molar-refractivity contribution in [2.45, 2.75) is 26.3 Å². The Labute approximate surface area is 126 Å². The van der Waals surface area contributed by atoms with Gasteiger partial charge in [0.05, 0.1) is 0 Å². The topological polar surface area (TPSA) is 58.4 Å². The Bertz CT molecular complexity index is 457.